The highest BCUT2D eigenvalue weighted by Gasteiger charge is 2.26. The largest absolute Gasteiger partial charge is 0.383 e. The second kappa shape index (κ2) is 6.82. The van der Waals surface area contributed by atoms with E-state index in [4.69, 9.17) is 0 Å². The molecule has 118 valence electrons. The Morgan fingerprint density at radius 1 is 1.18 bits per heavy atom. The van der Waals surface area contributed by atoms with Crippen LogP contribution in [0, 0.1) is 0 Å². The predicted molar refractivity (Wildman–Crippen MR) is 93.6 cm³/mol. The zero-order valence-electron chi connectivity index (χ0n) is 13.0. The Morgan fingerprint density at radius 2 is 1.91 bits per heavy atom. The maximum absolute atomic E-state index is 10.6. The molecule has 0 radical (unpaired) electrons. The molecule has 3 nitrogen and oxygen atoms in total. The average molecular weight is 316 g/mol. The molecule has 22 heavy (non-hydrogen) atoms. The Hall–Kier alpha value is -1.36. The molecule has 2 N–H and O–H groups in total. The maximum Gasteiger partial charge on any atom is 0.108 e. The lowest BCUT2D eigenvalue weighted by Crippen LogP contribution is -2.46. The van der Waals surface area contributed by atoms with Crippen molar-refractivity contribution in [1.29, 1.82) is 0 Å². The number of rotatable bonds is 5. The molecule has 0 saturated carbocycles. The summed E-state index contributed by atoms with van der Waals surface area (Å²) in [4.78, 5) is 3.47. The van der Waals surface area contributed by atoms with Gasteiger partial charge < -0.3 is 15.3 Å². The molecule has 4 heteroatoms. The molecule has 1 atom stereocenters. The highest BCUT2D eigenvalue weighted by Crippen LogP contribution is 2.25. The van der Waals surface area contributed by atoms with Gasteiger partial charge in [0, 0.05) is 36.2 Å². The first-order chi connectivity index (χ1) is 10.6. The van der Waals surface area contributed by atoms with E-state index in [1.54, 1.807) is 11.3 Å². The zero-order chi connectivity index (χ0) is 15.4. The van der Waals surface area contributed by atoms with Crippen LogP contribution in [0.3, 0.4) is 0 Å². The summed E-state index contributed by atoms with van der Waals surface area (Å²) in [6.45, 7) is 4.65. The molecule has 2 heterocycles. The fourth-order valence-corrected chi connectivity index (χ4v) is 3.78. The fourth-order valence-electron chi connectivity index (χ4n) is 3.00. The summed E-state index contributed by atoms with van der Waals surface area (Å²) in [5.41, 5.74) is 0.539. The summed E-state index contributed by atoms with van der Waals surface area (Å²) in [5.74, 6) is 0. The molecule has 1 aliphatic rings. The molecule has 1 aromatic heterocycles. The van der Waals surface area contributed by atoms with Crippen molar-refractivity contribution < 1.29 is 5.11 Å². The molecule has 1 fully saturated rings. The SMILES string of the molecule is C[C@](O)(CNC1CCN(c2ccccc2)CC1)c1cccs1. The smallest absolute Gasteiger partial charge is 0.108 e. The monoisotopic (exact) mass is 316 g/mol. The first-order valence-electron chi connectivity index (χ1n) is 7.95. The van der Waals surface area contributed by atoms with E-state index in [1.165, 1.54) is 5.69 Å². The third-order valence-electron chi connectivity index (χ3n) is 4.40. The number of anilines is 1. The van der Waals surface area contributed by atoms with Gasteiger partial charge >= 0.3 is 0 Å². The van der Waals surface area contributed by atoms with E-state index < -0.39 is 5.60 Å². The van der Waals surface area contributed by atoms with Crippen LogP contribution < -0.4 is 10.2 Å². The molecule has 1 aromatic carbocycles. The van der Waals surface area contributed by atoms with Gasteiger partial charge in [-0.2, -0.15) is 0 Å². The average Bonchev–Trinajstić information content (AvgIpc) is 3.10. The van der Waals surface area contributed by atoms with E-state index >= 15 is 0 Å². The Labute approximate surface area is 136 Å². The molecule has 1 aliphatic heterocycles. The number of nitrogens with zero attached hydrogens (tertiary/aromatic N) is 1. The van der Waals surface area contributed by atoms with E-state index in [2.05, 4.69) is 40.5 Å². The molecular formula is C18H24N2OS. The summed E-state index contributed by atoms with van der Waals surface area (Å²) in [5, 5.41) is 16.1. The summed E-state index contributed by atoms with van der Waals surface area (Å²) < 4.78 is 0. The van der Waals surface area contributed by atoms with Crippen LogP contribution in [0.25, 0.3) is 0 Å². The number of nitrogens with one attached hydrogen (secondary N) is 1. The van der Waals surface area contributed by atoms with Crippen molar-refractivity contribution in [2.24, 2.45) is 0 Å². The highest BCUT2D eigenvalue weighted by molar-refractivity contribution is 7.10. The molecule has 0 aliphatic carbocycles. The van der Waals surface area contributed by atoms with Crippen LogP contribution in [0.4, 0.5) is 5.69 Å². The van der Waals surface area contributed by atoms with Crippen molar-refractivity contribution >= 4 is 17.0 Å². The quantitative estimate of drug-likeness (QED) is 0.889. The number of benzene rings is 1. The van der Waals surface area contributed by atoms with Crippen LogP contribution in [0.2, 0.25) is 0 Å². The summed E-state index contributed by atoms with van der Waals surface area (Å²) in [6.07, 6.45) is 2.24. The molecule has 1 saturated heterocycles. The van der Waals surface area contributed by atoms with E-state index in [-0.39, 0.29) is 0 Å². The summed E-state index contributed by atoms with van der Waals surface area (Å²) >= 11 is 1.62. The van der Waals surface area contributed by atoms with Gasteiger partial charge in [0.2, 0.25) is 0 Å². The minimum absolute atomic E-state index is 0.492. The standard InChI is InChI=1S/C18H24N2OS/c1-18(21,17-8-5-13-22-17)14-19-15-9-11-20(12-10-15)16-6-3-2-4-7-16/h2-8,13,15,19,21H,9-12,14H2,1H3/t18-/m0/s1. The van der Waals surface area contributed by atoms with E-state index in [0.29, 0.717) is 12.6 Å². The Morgan fingerprint density at radius 3 is 2.55 bits per heavy atom. The van der Waals surface area contributed by atoms with Gasteiger partial charge in [-0.15, -0.1) is 11.3 Å². The summed E-state index contributed by atoms with van der Waals surface area (Å²) in [6, 6.07) is 15.1. The van der Waals surface area contributed by atoms with Crippen molar-refractivity contribution in [3.63, 3.8) is 0 Å². The van der Waals surface area contributed by atoms with Crippen LogP contribution in [-0.4, -0.2) is 30.8 Å². The van der Waals surface area contributed by atoms with Crippen molar-refractivity contribution in [3.8, 4) is 0 Å². The van der Waals surface area contributed by atoms with E-state index in [9.17, 15) is 5.11 Å². The van der Waals surface area contributed by atoms with Gasteiger partial charge in [0.15, 0.2) is 0 Å². The minimum atomic E-state index is -0.773. The van der Waals surface area contributed by atoms with Gasteiger partial charge in [0.05, 0.1) is 0 Å². The molecule has 3 rings (SSSR count). The fraction of sp³-hybridized carbons (Fsp3) is 0.444. The van der Waals surface area contributed by atoms with Crippen LogP contribution in [-0.2, 0) is 5.60 Å². The normalized spacial score (nSPS) is 19.1. The Kier molecular flexibility index (Phi) is 4.81. The Balaban J connectivity index is 1.48. The third kappa shape index (κ3) is 3.69. The third-order valence-corrected chi connectivity index (χ3v) is 5.53. The summed E-state index contributed by atoms with van der Waals surface area (Å²) in [7, 11) is 0. The lowest BCUT2D eigenvalue weighted by molar-refractivity contribution is 0.0565. The van der Waals surface area contributed by atoms with Crippen LogP contribution in [0.15, 0.2) is 47.8 Å². The number of para-hydroxylation sites is 1. The second-order valence-corrected chi connectivity index (χ2v) is 7.18. The highest BCUT2D eigenvalue weighted by atomic mass is 32.1. The number of aliphatic hydroxyl groups is 1. The first-order valence-corrected chi connectivity index (χ1v) is 8.83. The van der Waals surface area contributed by atoms with Gasteiger partial charge in [0.1, 0.15) is 5.60 Å². The van der Waals surface area contributed by atoms with Crippen molar-refractivity contribution in [2.75, 3.05) is 24.5 Å². The topological polar surface area (TPSA) is 35.5 Å². The zero-order valence-corrected chi connectivity index (χ0v) is 13.9. The molecule has 0 unspecified atom stereocenters. The van der Waals surface area contributed by atoms with Gasteiger partial charge in [-0.1, -0.05) is 24.3 Å². The molecular weight excluding hydrogens is 292 g/mol. The molecule has 2 aromatic rings. The van der Waals surface area contributed by atoms with E-state index in [0.717, 1.165) is 30.8 Å². The number of hydrogen-bond donors (Lipinski definition) is 2. The number of piperidine rings is 1. The van der Waals surface area contributed by atoms with Gasteiger partial charge in [-0.3, -0.25) is 0 Å². The van der Waals surface area contributed by atoms with Gasteiger partial charge in [-0.25, -0.2) is 0 Å². The first kappa shape index (κ1) is 15.5. The lowest BCUT2D eigenvalue weighted by Gasteiger charge is -2.35. The van der Waals surface area contributed by atoms with Gasteiger partial charge in [0.25, 0.3) is 0 Å². The maximum atomic E-state index is 10.6. The predicted octanol–water partition coefficient (Wildman–Crippen LogP) is 3.21. The Bertz CT molecular complexity index is 560. The molecule has 0 spiro atoms. The molecule has 0 bridgehead atoms. The van der Waals surface area contributed by atoms with Crippen molar-refractivity contribution in [2.45, 2.75) is 31.4 Å². The van der Waals surface area contributed by atoms with E-state index in [1.807, 2.05) is 24.4 Å². The molecule has 0 amide bonds. The van der Waals surface area contributed by atoms with Crippen molar-refractivity contribution in [1.82, 2.24) is 5.32 Å². The second-order valence-electron chi connectivity index (χ2n) is 6.23. The number of hydrogen-bond acceptors (Lipinski definition) is 4. The van der Waals surface area contributed by atoms with Crippen molar-refractivity contribution in [3.05, 3.63) is 52.7 Å². The lowest BCUT2D eigenvalue weighted by atomic mass is 10.0. The number of thiophene rings is 1. The van der Waals surface area contributed by atoms with Crippen LogP contribution >= 0.6 is 11.3 Å². The van der Waals surface area contributed by atoms with Crippen LogP contribution in [0.5, 0.6) is 0 Å². The van der Waals surface area contributed by atoms with Gasteiger partial charge in [-0.05, 0) is 43.3 Å². The minimum Gasteiger partial charge on any atom is -0.383 e. The van der Waals surface area contributed by atoms with Crippen LogP contribution in [0.1, 0.15) is 24.6 Å².